The van der Waals surface area contributed by atoms with Gasteiger partial charge in [0.2, 0.25) is 5.91 Å². The van der Waals surface area contributed by atoms with E-state index >= 15 is 0 Å². The van der Waals surface area contributed by atoms with E-state index in [4.69, 9.17) is 23.2 Å². The molecule has 0 radical (unpaired) electrons. The summed E-state index contributed by atoms with van der Waals surface area (Å²) in [5, 5.41) is 4.96. The fraction of sp³-hybridized carbons (Fsp3) is 0.176. The number of halogens is 2. The first-order valence-electron chi connectivity index (χ1n) is 6.98. The molecule has 1 aliphatic rings. The van der Waals surface area contributed by atoms with Crippen molar-refractivity contribution in [1.29, 1.82) is 0 Å². The standard InChI is InChI=1S/C17H14Cl2N2O/c18-15-7-4-8-16(19)14(15)10-20-21-17(22)13-9-12(13)11-5-2-1-3-6-11/h1-8,10,12-13H,9H2,(H,21,22)/b20-10-/t12-,13+/m1/s1. The van der Waals surface area contributed by atoms with Crippen molar-refractivity contribution in [3.05, 3.63) is 69.7 Å². The number of carbonyl (C=O) groups excluding carboxylic acids is 1. The number of hydrogen-bond acceptors (Lipinski definition) is 2. The number of amides is 1. The molecule has 1 saturated carbocycles. The van der Waals surface area contributed by atoms with Gasteiger partial charge in [0.25, 0.3) is 0 Å². The fourth-order valence-corrected chi connectivity index (χ4v) is 2.93. The maximum Gasteiger partial charge on any atom is 0.243 e. The van der Waals surface area contributed by atoms with Crippen molar-refractivity contribution < 1.29 is 4.79 Å². The van der Waals surface area contributed by atoms with Crippen LogP contribution in [0.5, 0.6) is 0 Å². The van der Waals surface area contributed by atoms with Crippen LogP contribution in [0.15, 0.2) is 53.6 Å². The zero-order valence-electron chi connectivity index (χ0n) is 11.7. The van der Waals surface area contributed by atoms with Gasteiger partial charge in [0, 0.05) is 11.5 Å². The fourth-order valence-electron chi connectivity index (χ4n) is 2.43. The minimum atomic E-state index is -0.0757. The van der Waals surface area contributed by atoms with Crippen LogP contribution in [-0.2, 0) is 4.79 Å². The van der Waals surface area contributed by atoms with E-state index in [2.05, 4.69) is 10.5 Å². The molecule has 1 N–H and O–H groups in total. The van der Waals surface area contributed by atoms with Gasteiger partial charge in [-0.25, -0.2) is 5.43 Å². The average molecular weight is 333 g/mol. The molecule has 2 aromatic carbocycles. The Morgan fingerprint density at radius 1 is 1.09 bits per heavy atom. The zero-order valence-corrected chi connectivity index (χ0v) is 13.2. The molecule has 3 nitrogen and oxygen atoms in total. The van der Waals surface area contributed by atoms with E-state index in [1.807, 2.05) is 30.3 Å². The SMILES string of the molecule is O=C(N/N=C\c1c(Cl)cccc1Cl)[C@H]1C[C@@H]1c1ccccc1. The second-order valence-corrected chi connectivity index (χ2v) is 6.04. The maximum atomic E-state index is 12.1. The molecule has 0 bridgehead atoms. The third-order valence-electron chi connectivity index (χ3n) is 3.72. The molecule has 0 aliphatic heterocycles. The lowest BCUT2D eigenvalue weighted by molar-refractivity contribution is -0.122. The first kappa shape index (κ1) is 15.1. The molecule has 1 fully saturated rings. The lowest BCUT2D eigenvalue weighted by Gasteiger charge is -2.02. The molecular weight excluding hydrogens is 319 g/mol. The predicted octanol–water partition coefficient (Wildman–Crippen LogP) is 4.25. The smallest absolute Gasteiger partial charge is 0.243 e. The minimum absolute atomic E-state index is 0.0127. The first-order chi connectivity index (χ1) is 10.7. The van der Waals surface area contributed by atoms with E-state index in [-0.39, 0.29) is 11.8 Å². The summed E-state index contributed by atoms with van der Waals surface area (Å²) in [6, 6.07) is 15.2. The molecule has 1 aliphatic carbocycles. The second-order valence-electron chi connectivity index (χ2n) is 5.23. The van der Waals surface area contributed by atoms with E-state index < -0.39 is 0 Å². The molecular formula is C17H14Cl2N2O. The van der Waals surface area contributed by atoms with Crippen LogP contribution in [0.2, 0.25) is 10.0 Å². The topological polar surface area (TPSA) is 41.5 Å². The van der Waals surface area contributed by atoms with Crippen molar-refractivity contribution in [1.82, 2.24) is 5.43 Å². The third kappa shape index (κ3) is 3.32. The Morgan fingerprint density at radius 3 is 2.45 bits per heavy atom. The lowest BCUT2D eigenvalue weighted by Crippen LogP contribution is -2.20. The van der Waals surface area contributed by atoms with Crippen molar-refractivity contribution in [3.63, 3.8) is 0 Å². The Balaban J connectivity index is 1.59. The average Bonchev–Trinajstić information content (AvgIpc) is 3.32. The van der Waals surface area contributed by atoms with Crippen LogP contribution in [-0.4, -0.2) is 12.1 Å². The van der Waals surface area contributed by atoms with Crippen molar-refractivity contribution in [2.75, 3.05) is 0 Å². The summed E-state index contributed by atoms with van der Waals surface area (Å²) in [6.45, 7) is 0. The number of hydrazone groups is 1. The van der Waals surface area contributed by atoms with Crippen molar-refractivity contribution in [3.8, 4) is 0 Å². The molecule has 0 saturated heterocycles. The Kier molecular flexibility index (Phi) is 4.46. The van der Waals surface area contributed by atoms with Crippen LogP contribution in [0.25, 0.3) is 0 Å². The second kappa shape index (κ2) is 6.51. The molecule has 0 heterocycles. The van der Waals surface area contributed by atoms with Crippen LogP contribution < -0.4 is 5.43 Å². The quantitative estimate of drug-likeness (QED) is 0.660. The van der Waals surface area contributed by atoms with Crippen LogP contribution in [0.3, 0.4) is 0 Å². The molecule has 0 unspecified atom stereocenters. The first-order valence-corrected chi connectivity index (χ1v) is 7.74. The summed E-state index contributed by atoms with van der Waals surface area (Å²) < 4.78 is 0. The number of benzene rings is 2. The Bertz CT molecular complexity index is 696. The summed E-state index contributed by atoms with van der Waals surface area (Å²) in [5.74, 6) is 0.204. The summed E-state index contributed by atoms with van der Waals surface area (Å²) in [5.41, 5.74) is 4.35. The molecule has 0 spiro atoms. The molecule has 2 aromatic rings. The van der Waals surface area contributed by atoms with Gasteiger partial charge in [0.05, 0.1) is 16.3 Å². The highest BCUT2D eigenvalue weighted by molar-refractivity contribution is 6.38. The summed E-state index contributed by atoms with van der Waals surface area (Å²) in [7, 11) is 0. The number of nitrogens with zero attached hydrogens (tertiary/aromatic N) is 1. The highest BCUT2D eigenvalue weighted by Gasteiger charge is 2.43. The number of rotatable bonds is 4. The summed E-state index contributed by atoms with van der Waals surface area (Å²) in [6.07, 6.45) is 2.33. The van der Waals surface area contributed by atoms with Gasteiger partial charge in [-0.1, -0.05) is 59.6 Å². The van der Waals surface area contributed by atoms with Crippen molar-refractivity contribution >= 4 is 35.3 Å². The number of nitrogens with one attached hydrogen (secondary N) is 1. The van der Waals surface area contributed by atoms with Gasteiger partial charge in [-0.2, -0.15) is 5.10 Å². The minimum Gasteiger partial charge on any atom is -0.273 e. The molecule has 1 amide bonds. The van der Waals surface area contributed by atoms with E-state index in [1.54, 1.807) is 18.2 Å². The van der Waals surface area contributed by atoms with Gasteiger partial charge < -0.3 is 0 Å². The van der Waals surface area contributed by atoms with E-state index in [9.17, 15) is 4.79 Å². The van der Waals surface area contributed by atoms with Crippen molar-refractivity contribution in [2.45, 2.75) is 12.3 Å². The summed E-state index contributed by atoms with van der Waals surface area (Å²) in [4.78, 5) is 12.1. The largest absolute Gasteiger partial charge is 0.273 e. The molecule has 5 heteroatoms. The van der Waals surface area contributed by atoms with Crippen LogP contribution >= 0.6 is 23.2 Å². The van der Waals surface area contributed by atoms with Crippen LogP contribution in [0.1, 0.15) is 23.5 Å². The van der Waals surface area contributed by atoms with E-state index in [0.29, 0.717) is 21.5 Å². The lowest BCUT2D eigenvalue weighted by atomic mass is 10.1. The van der Waals surface area contributed by atoms with E-state index in [1.165, 1.54) is 11.8 Å². The molecule has 112 valence electrons. The number of carbonyl (C=O) groups is 1. The van der Waals surface area contributed by atoms with E-state index in [0.717, 1.165) is 6.42 Å². The normalized spacial score (nSPS) is 20.1. The number of hydrogen-bond donors (Lipinski definition) is 1. The van der Waals surface area contributed by atoms with Crippen LogP contribution in [0.4, 0.5) is 0 Å². The Morgan fingerprint density at radius 2 is 1.77 bits per heavy atom. The monoisotopic (exact) mass is 332 g/mol. The zero-order chi connectivity index (χ0) is 15.5. The molecule has 2 atom stereocenters. The third-order valence-corrected chi connectivity index (χ3v) is 4.38. The summed E-state index contributed by atoms with van der Waals surface area (Å²) >= 11 is 12.1. The highest BCUT2D eigenvalue weighted by atomic mass is 35.5. The molecule has 0 aromatic heterocycles. The predicted molar refractivity (Wildman–Crippen MR) is 89.5 cm³/mol. The van der Waals surface area contributed by atoms with Gasteiger partial charge in [-0.05, 0) is 30.0 Å². The van der Waals surface area contributed by atoms with Crippen LogP contribution in [0, 0.1) is 5.92 Å². The van der Waals surface area contributed by atoms with Gasteiger partial charge in [-0.15, -0.1) is 0 Å². The Hall–Kier alpha value is -1.84. The van der Waals surface area contributed by atoms with Gasteiger partial charge in [0.15, 0.2) is 0 Å². The molecule has 22 heavy (non-hydrogen) atoms. The van der Waals surface area contributed by atoms with Crippen molar-refractivity contribution in [2.24, 2.45) is 11.0 Å². The van der Waals surface area contributed by atoms with Gasteiger partial charge in [-0.3, -0.25) is 4.79 Å². The van der Waals surface area contributed by atoms with Gasteiger partial charge >= 0.3 is 0 Å². The highest BCUT2D eigenvalue weighted by Crippen LogP contribution is 2.47. The Labute approximate surface area is 138 Å². The molecule has 3 rings (SSSR count). The van der Waals surface area contributed by atoms with Gasteiger partial charge in [0.1, 0.15) is 0 Å². The maximum absolute atomic E-state index is 12.1.